The first kappa shape index (κ1) is 13.7. The number of rotatable bonds is 4. The van der Waals surface area contributed by atoms with Crippen LogP contribution in [0.2, 0.25) is 0 Å². The second kappa shape index (κ2) is 6.40. The van der Waals surface area contributed by atoms with Crippen molar-refractivity contribution in [2.24, 2.45) is 0 Å². The molecule has 0 amide bonds. The lowest BCUT2D eigenvalue weighted by Gasteiger charge is -2.02. The lowest BCUT2D eigenvalue weighted by Crippen LogP contribution is -2.06. The van der Waals surface area contributed by atoms with E-state index in [1.54, 1.807) is 12.1 Å². The minimum atomic E-state index is -3.71. The van der Waals surface area contributed by atoms with E-state index in [4.69, 9.17) is 8.92 Å². The van der Waals surface area contributed by atoms with Gasteiger partial charge >= 0.3 is 0 Å². The molecule has 0 heterocycles. The van der Waals surface area contributed by atoms with Crippen molar-refractivity contribution >= 4 is 10.1 Å². The van der Waals surface area contributed by atoms with E-state index in [1.165, 1.54) is 19.2 Å². The van der Waals surface area contributed by atoms with E-state index in [2.05, 4.69) is 11.8 Å². The van der Waals surface area contributed by atoms with Crippen LogP contribution in [0, 0.1) is 18.8 Å². The molecule has 0 aromatic heterocycles. The monoisotopic (exact) mass is 254 g/mol. The van der Waals surface area contributed by atoms with Crippen LogP contribution in [-0.4, -0.2) is 28.7 Å². The lowest BCUT2D eigenvalue weighted by molar-refractivity contribution is 0.239. The average molecular weight is 254 g/mol. The smallest absolute Gasteiger partial charge is 0.297 e. The first-order valence-corrected chi connectivity index (χ1v) is 6.38. The largest absolute Gasteiger partial charge is 0.372 e. The molecule has 0 saturated heterocycles. The van der Waals surface area contributed by atoms with Crippen LogP contribution in [0.15, 0.2) is 29.2 Å². The van der Waals surface area contributed by atoms with Gasteiger partial charge in [-0.2, -0.15) is 8.42 Å². The molecule has 1 aromatic rings. The number of aryl methyl sites for hydroxylation is 1. The second-order valence-corrected chi connectivity index (χ2v) is 4.93. The summed E-state index contributed by atoms with van der Waals surface area (Å²) in [6.45, 7) is 1.97. The molecule has 0 radical (unpaired) electrons. The third-order valence-electron chi connectivity index (χ3n) is 1.94. The number of ether oxygens (including phenoxy) is 1. The Labute approximate surface area is 102 Å². The van der Waals surface area contributed by atoms with Crippen molar-refractivity contribution in [2.45, 2.75) is 11.8 Å². The zero-order valence-electron chi connectivity index (χ0n) is 9.76. The third-order valence-corrected chi connectivity index (χ3v) is 3.22. The highest BCUT2D eigenvalue weighted by Crippen LogP contribution is 2.12. The Morgan fingerprint density at radius 2 is 1.71 bits per heavy atom. The van der Waals surface area contributed by atoms with Gasteiger partial charge in [-0.3, -0.25) is 4.18 Å². The Balaban J connectivity index is 2.64. The maximum atomic E-state index is 11.7. The van der Waals surface area contributed by atoms with Crippen LogP contribution in [0.25, 0.3) is 0 Å². The average Bonchev–Trinajstić information content (AvgIpc) is 2.29. The minimum Gasteiger partial charge on any atom is -0.372 e. The van der Waals surface area contributed by atoms with Gasteiger partial charge in [0, 0.05) is 7.11 Å². The standard InChI is InChI=1S/C12H14O4S/c1-11-5-7-12(8-6-11)17(13,14)16-10-4-3-9-15-2/h5-8H,9-10H2,1-2H3. The normalized spacial score (nSPS) is 10.7. The maximum Gasteiger partial charge on any atom is 0.297 e. The summed E-state index contributed by atoms with van der Waals surface area (Å²) in [6.07, 6.45) is 0. The van der Waals surface area contributed by atoms with Crippen LogP contribution in [0.4, 0.5) is 0 Å². The van der Waals surface area contributed by atoms with Gasteiger partial charge in [-0.05, 0) is 19.1 Å². The van der Waals surface area contributed by atoms with Gasteiger partial charge in [0.2, 0.25) is 0 Å². The molecule has 0 fully saturated rings. The van der Waals surface area contributed by atoms with Crippen molar-refractivity contribution in [3.8, 4) is 11.8 Å². The Bertz CT molecular complexity index is 506. The first-order valence-electron chi connectivity index (χ1n) is 4.97. The molecule has 17 heavy (non-hydrogen) atoms. The van der Waals surface area contributed by atoms with E-state index in [0.29, 0.717) is 0 Å². The van der Waals surface area contributed by atoms with Crippen LogP contribution < -0.4 is 0 Å². The minimum absolute atomic E-state index is 0.136. The fourth-order valence-electron chi connectivity index (χ4n) is 1.05. The maximum absolute atomic E-state index is 11.7. The van der Waals surface area contributed by atoms with E-state index in [1.807, 2.05) is 6.92 Å². The van der Waals surface area contributed by atoms with Gasteiger partial charge in [-0.1, -0.05) is 29.5 Å². The summed E-state index contributed by atoms with van der Waals surface area (Å²) in [7, 11) is -2.20. The van der Waals surface area contributed by atoms with E-state index in [-0.39, 0.29) is 18.1 Å². The molecule has 5 heteroatoms. The van der Waals surface area contributed by atoms with Gasteiger partial charge in [0.1, 0.15) is 13.2 Å². The van der Waals surface area contributed by atoms with Crippen molar-refractivity contribution in [1.29, 1.82) is 0 Å². The summed E-state index contributed by atoms with van der Waals surface area (Å²) in [5.41, 5.74) is 0.990. The second-order valence-electron chi connectivity index (χ2n) is 3.32. The molecule has 1 rings (SSSR count). The first-order chi connectivity index (χ1) is 8.06. The van der Waals surface area contributed by atoms with Gasteiger partial charge in [0.25, 0.3) is 10.1 Å². The number of benzene rings is 1. The van der Waals surface area contributed by atoms with Crippen molar-refractivity contribution in [2.75, 3.05) is 20.3 Å². The Morgan fingerprint density at radius 1 is 1.12 bits per heavy atom. The molecule has 4 nitrogen and oxygen atoms in total. The summed E-state index contributed by atoms with van der Waals surface area (Å²) in [6, 6.07) is 6.44. The fourth-order valence-corrected chi connectivity index (χ4v) is 1.87. The molecule has 0 unspecified atom stereocenters. The highest BCUT2D eigenvalue weighted by Gasteiger charge is 2.13. The summed E-state index contributed by atoms with van der Waals surface area (Å²) >= 11 is 0. The number of methoxy groups -OCH3 is 1. The van der Waals surface area contributed by atoms with Crippen LogP contribution in [0.1, 0.15) is 5.56 Å². The fraction of sp³-hybridized carbons (Fsp3) is 0.333. The van der Waals surface area contributed by atoms with Crippen LogP contribution in [0.5, 0.6) is 0 Å². The molecule has 0 aliphatic rings. The summed E-state index contributed by atoms with van der Waals surface area (Å²) in [4.78, 5) is 0.136. The molecule has 0 aliphatic heterocycles. The van der Waals surface area contributed by atoms with Crippen LogP contribution in [-0.2, 0) is 19.0 Å². The lowest BCUT2D eigenvalue weighted by atomic mass is 10.2. The Hall–Kier alpha value is -1.35. The van der Waals surface area contributed by atoms with Gasteiger partial charge in [-0.25, -0.2) is 0 Å². The predicted molar refractivity (Wildman–Crippen MR) is 64.0 cm³/mol. The molecule has 1 aromatic carbocycles. The van der Waals surface area contributed by atoms with Crippen molar-refractivity contribution in [3.63, 3.8) is 0 Å². The van der Waals surface area contributed by atoms with Crippen LogP contribution in [0.3, 0.4) is 0 Å². The highest BCUT2D eigenvalue weighted by molar-refractivity contribution is 7.86. The molecular weight excluding hydrogens is 240 g/mol. The molecule has 0 N–H and O–H groups in total. The van der Waals surface area contributed by atoms with Crippen molar-refractivity contribution < 1.29 is 17.3 Å². The summed E-state index contributed by atoms with van der Waals surface area (Å²) in [5.74, 6) is 5.15. The van der Waals surface area contributed by atoms with E-state index < -0.39 is 10.1 Å². The molecule has 0 aliphatic carbocycles. The van der Waals surface area contributed by atoms with Gasteiger partial charge < -0.3 is 4.74 Å². The zero-order valence-corrected chi connectivity index (χ0v) is 10.6. The molecule has 0 spiro atoms. The molecule has 0 bridgehead atoms. The van der Waals surface area contributed by atoms with Crippen LogP contribution >= 0.6 is 0 Å². The molecular formula is C12H14O4S. The Kier molecular flexibility index (Phi) is 5.16. The van der Waals surface area contributed by atoms with E-state index in [0.717, 1.165) is 5.56 Å². The predicted octanol–water partition coefficient (Wildman–Crippen LogP) is 1.35. The van der Waals surface area contributed by atoms with Crippen molar-refractivity contribution in [3.05, 3.63) is 29.8 Å². The van der Waals surface area contributed by atoms with Gasteiger partial charge in [0.05, 0.1) is 4.90 Å². The molecule has 92 valence electrons. The topological polar surface area (TPSA) is 52.6 Å². The van der Waals surface area contributed by atoms with Crippen molar-refractivity contribution in [1.82, 2.24) is 0 Å². The van der Waals surface area contributed by atoms with E-state index >= 15 is 0 Å². The number of hydrogen-bond donors (Lipinski definition) is 0. The molecule has 0 atom stereocenters. The molecule has 0 saturated carbocycles. The summed E-state index contributed by atoms with van der Waals surface area (Å²) < 4.78 is 32.7. The SMILES string of the molecule is COCC#CCOS(=O)(=O)c1ccc(C)cc1. The zero-order chi connectivity index (χ0) is 12.7. The number of hydrogen-bond acceptors (Lipinski definition) is 4. The Morgan fingerprint density at radius 3 is 2.29 bits per heavy atom. The third kappa shape index (κ3) is 4.57. The highest BCUT2D eigenvalue weighted by atomic mass is 32.2. The quantitative estimate of drug-likeness (QED) is 0.601. The van der Waals surface area contributed by atoms with Gasteiger partial charge in [0.15, 0.2) is 0 Å². The van der Waals surface area contributed by atoms with Gasteiger partial charge in [-0.15, -0.1) is 0 Å². The van der Waals surface area contributed by atoms with E-state index in [9.17, 15) is 8.42 Å². The summed E-state index contributed by atoms with van der Waals surface area (Å²) in [5, 5.41) is 0.